The highest BCUT2D eigenvalue weighted by Gasteiger charge is 2.42. The zero-order valence-electron chi connectivity index (χ0n) is 16.1. The maximum Gasteiger partial charge on any atom is 0.436 e. The first kappa shape index (κ1) is 21.1. The topological polar surface area (TPSA) is 41.4 Å². The lowest BCUT2D eigenvalue weighted by Crippen LogP contribution is -2.49. The minimum Gasteiger partial charge on any atom is -0.339 e. The summed E-state index contributed by atoms with van der Waals surface area (Å²) < 4.78 is 54.0. The van der Waals surface area contributed by atoms with E-state index in [2.05, 4.69) is 10.00 Å². The van der Waals surface area contributed by atoms with E-state index in [0.717, 1.165) is 23.1 Å². The molecule has 0 N–H and O–H groups in total. The lowest BCUT2D eigenvalue weighted by Gasteiger charge is -2.34. The van der Waals surface area contributed by atoms with Crippen molar-refractivity contribution in [2.24, 2.45) is 0 Å². The van der Waals surface area contributed by atoms with Crippen LogP contribution in [0, 0.1) is 5.82 Å². The predicted molar refractivity (Wildman–Crippen MR) is 102 cm³/mol. The maximum absolute atomic E-state index is 13.3. The molecule has 1 saturated carbocycles. The van der Waals surface area contributed by atoms with Gasteiger partial charge in [0.05, 0.1) is 10.7 Å². The largest absolute Gasteiger partial charge is 0.436 e. The number of carbonyl (C=O) groups is 1. The molecule has 0 atom stereocenters. The molecule has 0 bridgehead atoms. The van der Waals surface area contributed by atoms with Crippen molar-refractivity contribution in [3.63, 3.8) is 0 Å². The second-order valence-corrected chi connectivity index (χ2v) is 8.14. The Bertz CT molecular complexity index is 933. The molecular formula is C20H21ClF4N4O. The number of alkyl halides is 3. The highest BCUT2D eigenvalue weighted by Crippen LogP contribution is 2.46. The van der Waals surface area contributed by atoms with Crippen LogP contribution in [0.5, 0.6) is 0 Å². The van der Waals surface area contributed by atoms with Crippen LogP contribution in [0.3, 0.4) is 0 Å². The molecule has 1 saturated heterocycles. The minimum atomic E-state index is -4.66. The number of halogens is 5. The Hall–Kier alpha value is -2.13. The Morgan fingerprint density at radius 2 is 1.87 bits per heavy atom. The molecule has 1 aliphatic carbocycles. The molecule has 5 nitrogen and oxygen atoms in total. The Morgan fingerprint density at radius 3 is 2.47 bits per heavy atom. The number of hydrogen-bond donors (Lipinski definition) is 0. The molecule has 162 valence electrons. The molecule has 30 heavy (non-hydrogen) atoms. The third kappa shape index (κ3) is 4.62. The Labute approximate surface area is 176 Å². The summed E-state index contributed by atoms with van der Waals surface area (Å²) in [4.78, 5) is 16.5. The number of hydrogen-bond acceptors (Lipinski definition) is 3. The van der Waals surface area contributed by atoms with Gasteiger partial charge in [-0.05, 0) is 30.5 Å². The fraction of sp³-hybridized carbons (Fsp3) is 0.500. The average Bonchev–Trinajstić information content (AvgIpc) is 3.45. The van der Waals surface area contributed by atoms with E-state index in [-0.39, 0.29) is 24.2 Å². The normalized spacial score (nSPS) is 18.1. The first-order valence-corrected chi connectivity index (χ1v) is 10.2. The summed E-state index contributed by atoms with van der Waals surface area (Å²) in [5, 5.41) is 3.23. The van der Waals surface area contributed by atoms with Gasteiger partial charge in [-0.3, -0.25) is 14.4 Å². The van der Waals surface area contributed by atoms with Gasteiger partial charge in [-0.25, -0.2) is 4.39 Å². The van der Waals surface area contributed by atoms with Crippen molar-refractivity contribution in [2.45, 2.75) is 38.0 Å². The molecule has 1 aliphatic heterocycles. The maximum atomic E-state index is 13.3. The van der Waals surface area contributed by atoms with Gasteiger partial charge >= 0.3 is 6.18 Å². The number of nitrogens with zero attached hydrogens (tertiary/aromatic N) is 4. The first-order valence-electron chi connectivity index (χ1n) is 9.80. The Morgan fingerprint density at radius 1 is 1.17 bits per heavy atom. The smallest absolute Gasteiger partial charge is 0.339 e. The molecule has 10 heteroatoms. The molecule has 0 unspecified atom stereocenters. The number of carbonyl (C=O) groups excluding carboxylic acids is 1. The van der Waals surface area contributed by atoms with Gasteiger partial charge in [-0.15, -0.1) is 0 Å². The summed E-state index contributed by atoms with van der Waals surface area (Å²) in [5.41, 5.74) is 0.0376. The number of amides is 1. The minimum absolute atomic E-state index is 0.0722. The zero-order chi connectivity index (χ0) is 21.5. The van der Waals surface area contributed by atoms with Crippen LogP contribution in [0.4, 0.5) is 17.6 Å². The molecule has 2 aromatic rings. The van der Waals surface area contributed by atoms with Crippen molar-refractivity contribution in [1.82, 2.24) is 19.6 Å². The van der Waals surface area contributed by atoms with Crippen LogP contribution in [0.2, 0.25) is 5.02 Å². The van der Waals surface area contributed by atoms with Gasteiger partial charge in [0.1, 0.15) is 12.4 Å². The van der Waals surface area contributed by atoms with Crippen LogP contribution in [0.25, 0.3) is 0 Å². The van der Waals surface area contributed by atoms with Crippen molar-refractivity contribution in [3.05, 3.63) is 52.1 Å². The molecule has 1 aromatic heterocycles. The van der Waals surface area contributed by atoms with Crippen molar-refractivity contribution in [2.75, 3.05) is 26.2 Å². The van der Waals surface area contributed by atoms with Gasteiger partial charge in [-0.1, -0.05) is 23.7 Å². The van der Waals surface area contributed by atoms with Crippen LogP contribution in [0.15, 0.2) is 24.3 Å². The molecule has 2 fully saturated rings. The van der Waals surface area contributed by atoms with E-state index in [1.54, 1.807) is 11.0 Å². The van der Waals surface area contributed by atoms with E-state index in [1.807, 2.05) is 6.07 Å². The second-order valence-electron chi connectivity index (χ2n) is 7.76. The van der Waals surface area contributed by atoms with Crippen LogP contribution in [-0.2, 0) is 24.1 Å². The lowest BCUT2D eigenvalue weighted by atomic mass is 10.2. The number of benzene rings is 1. The van der Waals surface area contributed by atoms with E-state index in [9.17, 15) is 22.4 Å². The fourth-order valence-electron chi connectivity index (χ4n) is 3.78. The molecule has 0 spiro atoms. The van der Waals surface area contributed by atoms with E-state index >= 15 is 0 Å². The fourth-order valence-corrected chi connectivity index (χ4v) is 4.18. The lowest BCUT2D eigenvalue weighted by molar-refractivity contribution is -0.142. The van der Waals surface area contributed by atoms with Gasteiger partial charge in [0.25, 0.3) is 0 Å². The van der Waals surface area contributed by atoms with Crippen LogP contribution in [0.1, 0.15) is 35.7 Å². The number of rotatable bonds is 5. The molecule has 2 heterocycles. The summed E-state index contributed by atoms with van der Waals surface area (Å²) in [7, 11) is 0. The molecule has 4 rings (SSSR count). The number of piperazine rings is 1. The summed E-state index contributed by atoms with van der Waals surface area (Å²) in [5.74, 6) is -0.642. The van der Waals surface area contributed by atoms with E-state index < -0.39 is 16.9 Å². The van der Waals surface area contributed by atoms with Gasteiger partial charge in [0, 0.05) is 38.6 Å². The highest BCUT2D eigenvalue weighted by molar-refractivity contribution is 6.32. The summed E-state index contributed by atoms with van der Waals surface area (Å²) >= 11 is 5.96. The van der Waals surface area contributed by atoms with Gasteiger partial charge in [0.15, 0.2) is 5.69 Å². The van der Waals surface area contributed by atoms with Crippen LogP contribution < -0.4 is 0 Å². The third-order valence-electron chi connectivity index (χ3n) is 5.47. The number of aromatic nitrogens is 2. The van der Waals surface area contributed by atoms with Crippen LogP contribution >= 0.6 is 11.6 Å². The molecule has 1 aromatic carbocycles. The molecule has 2 aliphatic rings. The second kappa shape index (κ2) is 8.19. The molecule has 1 amide bonds. The highest BCUT2D eigenvalue weighted by atomic mass is 35.5. The quantitative estimate of drug-likeness (QED) is 0.656. The van der Waals surface area contributed by atoms with Crippen molar-refractivity contribution >= 4 is 17.5 Å². The van der Waals surface area contributed by atoms with Crippen molar-refractivity contribution in [3.8, 4) is 0 Å². The SMILES string of the molecule is O=C(Cn1nc(C(F)(F)F)c(Cl)c1C1CC1)N1CCN(Cc2cccc(F)c2)CC1. The monoisotopic (exact) mass is 444 g/mol. The van der Waals surface area contributed by atoms with Gasteiger partial charge < -0.3 is 4.90 Å². The summed E-state index contributed by atoms with van der Waals surface area (Å²) in [6.07, 6.45) is -3.16. The third-order valence-corrected chi connectivity index (χ3v) is 5.84. The zero-order valence-corrected chi connectivity index (χ0v) is 16.9. The molecular weight excluding hydrogens is 424 g/mol. The Balaban J connectivity index is 1.38. The van der Waals surface area contributed by atoms with Crippen LogP contribution in [-0.4, -0.2) is 51.7 Å². The predicted octanol–water partition coefficient (Wildman–Crippen LogP) is 3.92. The van der Waals surface area contributed by atoms with E-state index in [1.165, 1.54) is 12.1 Å². The average molecular weight is 445 g/mol. The summed E-state index contributed by atoms with van der Waals surface area (Å²) in [6.45, 7) is 2.43. The summed E-state index contributed by atoms with van der Waals surface area (Å²) in [6, 6.07) is 6.38. The van der Waals surface area contributed by atoms with E-state index in [0.29, 0.717) is 38.4 Å². The first-order chi connectivity index (χ1) is 14.2. The standard InChI is InChI=1S/C20H21ClF4N4O/c21-17-18(14-4-5-14)29(26-19(17)20(23,24)25)12-16(30)28-8-6-27(7-9-28)11-13-2-1-3-15(22)10-13/h1-3,10,14H,4-9,11-12H2. The molecule has 0 radical (unpaired) electrons. The van der Waals surface area contributed by atoms with Gasteiger partial charge in [0.2, 0.25) is 5.91 Å². The van der Waals surface area contributed by atoms with Crippen molar-refractivity contribution < 1.29 is 22.4 Å². The van der Waals surface area contributed by atoms with Crippen molar-refractivity contribution in [1.29, 1.82) is 0 Å². The van der Waals surface area contributed by atoms with Gasteiger partial charge in [-0.2, -0.15) is 18.3 Å². The Kier molecular flexibility index (Phi) is 5.76. The van der Waals surface area contributed by atoms with E-state index in [4.69, 9.17) is 11.6 Å².